The maximum Gasteiger partial charge on any atom is 0.490 e. The van der Waals surface area contributed by atoms with E-state index in [1.807, 2.05) is 12.1 Å². The van der Waals surface area contributed by atoms with Gasteiger partial charge in [-0.15, -0.1) is 0 Å². The van der Waals surface area contributed by atoms with Crippen LogP contribution in [0.3, 0.4) is 0 Å². The summed E-state index contributed by atoms with van der Waals surface area (Å²) in [4.78, 5) is 26.8. The van der Waals surface area contributed by atoms with Gasteiger partial charge < -0.3 is 14.7 Å². The van der Waals surface area contributed by atoms with E-state index >= 15 is 0 Å². The zero-order chi connectivity index (χ0) is 21.1. The Labute approximate surface area is 158 Å². The first-order valence-electron chi connectivity index (χ1n) is 7.95. The van der Waals surface area contributed by atoms with Crippen molar-refractivity contribution in [3.05, 3.63) is 30.1 Å². The van der Waals surface area contributed by atoms with Gasteiger partial charge >= 0.3 is 12.1 Å². The fourth-order valence-electron chi connectivity index (χ4n) is 2.80. The van der Waals surface area contributed by atoms with Crippen molar-refractivity contribution in [1.82, 2.24) is 14.2 Å². The van der Waals surface area contributed by atoms with Crippen molar-refractivity contribution < 1.29 is 41.0 Å². The fraction of sp³-hybridized carbons (Fsp3) is 0.533. The van der Waals surface area contributed by atoms with Gasteiger partial charge in [0.05, 0.1) is 18.4 Å². The van der Waals surface area contributed by atoms with Crippen molar-refractivity contribution in [2.24, 2.45) is 0 Å². The topological polar surface area (TPSA) is 117 Å². The van der Waals surface area contributed by atoms with Crippen LogP contribution >= 0.6 is 0 Å². The molecule has 28 heavy (non-hydrogen) atoms. The van der Waals surface area contributed by atoms with E-state index in [1.165, 1.54) is 10.6 Å². The standard InChI is InChI=1S/C13H17N3O4S.C2HF3O2/c1-21(18,19)15-7-11-12(8-15)20-9-13(17)16(11)6-10-3-2-4-14-5-10;3-2(4,5)1(6)7/h2-5,11-12H,6-9H2,1H3;(H,6,7)/t11-,12-;/m1./s1. The third kappa shape index (κ3) is 5.62. The number of fused-ring (bicyclic) bond motifs is 1. The first-order chi connectivity index (χ1) is 12.9. The van der Waals surface area contributed by atoms with E-state index in [9.17, 15) is 26.4 Å². The summed E-state index contributed by atoms with van der Waals surface area (Å²) in [5, 5.41) is 7.12. The molecule has 1 aromatic heterocycles. The van der Waals surface area contributed by atoms with Gasteiger partial charge in [0.25, 0.3) is 0 Å². The van der Waals surface area contributed by atoms with Gasteiger partial charge in [-0.25, -0.2) is 13.2 Å². The van der Waals surface area contributed by atoms with Gasteiger partial charge in [0.1, 0.15) is 6.61 Å². The van der Waals surface area contributed by atoms with Crippen molar-refractivity contribution in [3.8, 4) is 0 Å². The molecule has 0 unspecified atom stereocenters. The molecule has 0 spiro atoms. The molecule has 1 amide bonds. The average molecular weight is 425 g/mol. The maximum atomic E-state index is 12.1. The number of aromatic nitrogens is 1. The molecule has 1 N–H and O–H groups in total. The van der Waals surface area contributed by atoms with Crippen LogP contribution in [0.1, 0.15) is 5.56 Å². The van der Waals surface area contributed by atoms with Gasteiger partial charge in [-0.2, -0.15) is 17.5 Å². The maximum absolute atomic E-state index is 12.1. The number of morpholine rings is 1. The lowest BCUT2D eigenvalue weighted by atomic mass is 10.1. The predicted octanol–water partition coefficient (Wildman–Crippen LogP) is 0.0861. The van der Waals surface area contributed by atoms with Crippen molar-refractivity contribution in [2.75, 3.05) is 26.0 Å². The molecule has 2 saturated heterocycles. The van der Waals surface area contributed by atoms with E-state index in [4.69, 9.17) is 14.6 Å². The molecule has 2 fully saturated rings. The van der Waals surface area contributed by atoms with Crippen LogP contribution in [0.25, 0.3) is 0 Å². The molecule has 156 valence electrons. The quantitative estimate of drug-likeness (QED) is 0.729. The number of carboxylic acids is 1. The summed E-state index contributed by atoms with van der Waals surface area (Å²) in [6.07, 6.45) is -0.776. The summed E-state index contributed by atoms with van der Waals surface area (Å²) >= 11 is 0. The molecule has 3 heterocycles. The first-order valence-corrected chi connectivity index (χ1v) is 9.79. The van der Waals surface area contributed by atoms with Crippen LogP contribution in [0.2, 0.25) is 0 Å². The zero-order valence-corrected chi connectivity index (χ0v) is 15.5. The van der Waals surface area contributed by atoms with Gasteiger partial charge in [-0.3, -0.25) is 9.78 Å². The van der Waals surface area contributed by atoms with E-state index in [-0.39, 0.29) is 31.2 Å². The normalized spacial score (nSPS) is 23.0. The number of carbonyl (C=O) groups excluding carboxylic acids is 1. The number of ether oxygens (including phenoxy) is 1. The number of carboxylic acid groups (broad SMARTS) is 1. The molecule has 2 aliphatic rings. The van der Waals surface area contributed by atoms with Gasteiger partial charge in [-0.1, -0.05) is 6.07 Å². The number of amides is 1. The number of aliphatic carboxylic acids is 1. The molecule has 0 aromatic carbocycles. The number of pyridine rings is 1. The van der Waals surface area contributed by atoms with Gasteiger partial charge in [-0.05, 0) is 11.6 Å². The second-order valence-electron chi connectivity index (χ2n) is 6.18. The predicted molar refractivity (Wildman–Crippen MR) is 88.4 cm³/mol. The Kier molecular flexibility index (Phi) is 6.62. The minimum absolute atomic E-state index is 0.000962. The average Bonchev–Trinajstić information content (AvgIpc) is 3.03. The van der Waals surface area contributed by atoms with E-state index in [0.717, 1.165) is 5.56 Å². The van der Waals surface area contributed by atoms with Crippen LogP contribution in [-0.2, 0) is 30.9 Å². The number of rotatable bonds is 3. The van der Waals surface area contributed by atoms with Gasteiger partial charge in [0, 0.05) is 32.0 Å². The Balaban J connectivity index is 0.000000345. The Morgan fingerprint density at radius 2 is 2.04 bits per heavy atom. The SMILES string of the molecule is CS(=O)(=O)N1C[C@@H]2[C@@H](C1)OCC(=O)N2Cc1cccnc1.O=C(O)C(F)(F)F. The fourth-order valence-corrected chi connectivity index (χ4v) is 3.64. The zero-order valence-electron chi connectivity index (χ0n) is 14.7. The monoisotopic (exact) mass is 425 g/mol. The van der Waals surface area contributed by atoms with Crippen molar-refractivity contribution in [1.29, 1.82) is 0 Å². The Hall–Kier alpha value is -2.25. The summed E-state index contributed by atoms with van der Waals surface area (Å²) < 4.78 is 62.0. The number of sulfonamides is 1. The molecule has 0 saturated carbocycles. The highest BCUT2D eigenvalue weighted by Gasteiger charge is 2.45. The Bertz CT molecular complexity index is 818. The smallest absolute Gasteiger partial charge is 0.475 e. The van der Waals surface area contributed by atoms with Gasteiger partial charge in [0.15, 0.2) is 0 Å². The van der Waals surface area contributed by atoms with E-state index < -0.39 is 22.2 Å². The lowest BCUT2D eigenvalue weighted by Crippen LogP contribution is -2.53. The van der Waals surface area contributed by atoms with Crippen LogP contribution in [0.4, 0.5) is 13.2 Å². The summed E-state index contributed by atoms with van der Waals surface area (Å²) in [6.45, 7) is 1.02. The largest absolute Gasteiger partial charge is 0.490 e. The van der Waals surface area contributed by atoms with Crippen molar-refractivity contribution in [3.63, 3.8) is 0 Å². The molecule has 0 radical (unpaired) electrons. The molecule has 1 aromatic rings. The second-order valence-corrected chi connectivity index (χ2v) is 8.17. The molecule has 13 heteroatoms. The third-order valence-corrected chi connectivity index (χ3v) is 5.37. The number of nitrogens with zero attached hydrogens (tertiary/aromatic N) is 3. The highest BCUT2D eigenvalue weighted by atomic mass is 32.2. The minimum Gasteiger partial charge on any atom is -0.475 e. The molecule has 2 atom stereocenters. The van der Waals surface area contributed by atoms with Crippen LogP contribution in [0.15, 0.2) is 24.5 Å². The first kappa shape index (κ1) is 22.0. The Morgan fingerprint density at radius 1 is 1.39 bits per heavy atom. The summed E-state index contributed by atoms with van der Waals surface area (Å²) in [5.41, 5.74) is 0.921. The number of halogens is 3. The van der Waals surface area contributed by atoms with E-state index in [1.54, 1.807) is 17.3 Å². The van der Waals surface area contributed by atoms with E-state index in [2.05, 4.69) is 4.98 Å². The molecule has 9 nitrogen and oxygen atoms in total. The Morgan fingerprint density at radius 3 is 2.54 bits per heavy atom. The molecular formula is C15H18F3N3O6S. The summed E-state index contributed by atoms with van der Waals surface area (Å²) in [6, 6.07) is 3.48. The molecule has 0 bridgehead atoms. The molecular weight excluding hydrogens is 407 g/mol. The number of hydrogen-bond donors (Lipinski definition) is 1. The lowest BCUT2D eigenvalue weighted by Gasteiger charge is -2.36. The molecule has 0 aliphatic carbocycles. The van der Waals surface area contributed by atoms with Gasteiger partial charge in [0.2, 0.25) is 15.9 Å². The van der Waals surface area contributed by atoms with Crippen LogP contribution in [0, 0.1) is 0 Å². The summed E-state index contributed by atoms with van der Waals surface area (Å²) in [7, 11) is -3.27. The number of hydrogen-bond acceptors (Lipinski definition) is 6. The van der Waals surface area contributed by atoms with Crippen LogP contribution in [-0.4, -0.2) is 83.9 Å². The minimum atomic E-state index is -5.08. The molecule has 3 rings (SSSR count). The number of carbonyl (C=O) groups is 2. The summed E-state index contributed by atoms with van der Waals surface area (Å²) in [5.74, 6) is -2.87. The van der Waals surface area contributed by atoms with Crippen molar-refractivity contribution >= 4 is 21.9 Å². The number of alkyl halides is 3. The second kappa shape index (κ2) is 8.41. The molecule has 2 aliphatic heterocycles. The van der Waals surface area contributed by atoms with Crippen molar-refractivity contribution in [2.45, 2.75) is 24.9 Å². The van der Waals surface area contributed by atoms with E-state index in [0.29, 0.717) is 13.1 Å². The van der Waals surface area contributed by atoms with Crippen LogP contribution < -0.4 is 0 Å². The highest BCUT2D eigenvalue weighted by molar-refractivity contribution is 7.88. The lowest BCUT2D eigenvalue weighted by molar-refractivity contribution is -0.192. The highest BCUT2D eigenvalue weighted by Crippen LogP contribution is 2.26. The third-order valence-electron chi connectivity index (χ3n) is 4.13. The van der Waals surface area contributed by atoms with Crippen LogP contribution in [0.5, 0.6) is 0 Å².